The van der Waals surface area contributed by atoms with Gasteiger partial charge >= 0.3 is 0 Å². The topological polar surface area (TPSA) is 34.2 Å². The minimum atomic E-state index is 0.874. The van der Waals surface area contributed by atoms with E-state index in [0.29, 0.717) is 0 Å². The molecule has 0 aliphatic carbocycles. The molecule has 0 fully saturated rings. The molecule has 4 nitrogen and oxygen atoms in total. The Morgan fingerprint density at radius 1 is 1.33 bits per heavy atom. The first-order chi connectivity index (χ1) is 8.78. The van der Waals surface area contributed by atoms with E-state index < -0.39 is 0 Å². The standard InChI is InChI=1S/C14H21N3O/c1-3-13-6-7-14(18-13)12-16(2)9-5-11-17-10-4-8-15-17/h4,6-8,10H,3,5,9,11-12H2,1-2H3. The molecule has 0 N–H and O–H groups in total. The van der Waals surface area contributed by atoms with Crippen molar-refractivity contribution in [3.05, 3.63) is 42.1 Å². The molecule has 0 atom stereocenters. The number of rotatable bonds is 7. The molecule has 0 aromatic carbocycles. The van der Waals surface area contributed by atoms with Gasteiger partial charge in [0.05, 0.1) is 6.54 Å². The van der Waals surface area contributed by atoms with Gasteiger partial charge in [-0.3, -0.25) is 9.58 Å². The number of nitrogens with zero attached hydrogens (tertiary/aromatic N) is 3. The van der Waals surface area contributed by atoms with Crippen molar-refractivity contribution >= 4 is 0 Å². The molecule has 18 heavy (non-hydrogen) atoms. The Hall–Kier alpha value is -1.55. The molecular formula is C14H21N3O. The van der Waals surface area contributed by atoms with Crippen molar-refractivity contribution in [3.8, 4) is 0 Å². The highest BCUT2D eigenvalue weighted by Crippen LogP contribution is 2.10. The van der Waals surface area contributed by atoms with Crippen molar-refractivity contribution in [2.75, 3.05) is 13.6 Å². The Labute approximate surface area is 108 Å². The van der Waals surface area contributed by atoms with E-state index in [1.54, 1.807) is 0 Å². The Balaban J connectivity index is 1.70. The number of hydrogen-bond donors (Lipinski definition) is 0. The third-order valence-electron chi connectivity index (χ3n) is 2.98. The van der Waals surface area contributed by atoms with E-state index >= 15 is 0 Å². The minimum Gasteiger partial charge on any atom is -0.465 e. The first-order valence-electron chi connectivity index (χ1n) is 6.51. The SMILES string of the molecule is CCc1ccc(CN(C)CCCn2cccn2)o1. The fourth-order valence-electron chi connectivity index (χ4n) is 1.98. The predicted molar refractivity (Wildman–Crippen MR) is 71.3 cm³/mol. The zero-order valence-electron chi connectivity index (χ0n) is 11.2. The molecule has 2 aromatic rings. The normalized spacial score (nSPS) is 11.3. The molecule has 0 spiro atoms. The van der Waals surface area contributed by atoms with Crippen LogP contribution in [0.25, 0.3) is 0 Å². The zero-order valence-corrected chi connectivity index (χ0v) is 11.2. The summed E-state index contributed by atoms with van der Waals surface area (Å²) in [7, 11) is 2.12. The Kier molecular flexibility index (Phi) is 4.59. The van der Waals surface area contributed by atoms with Gasteiger partial charge in [-0.15, -0.1) is 0 Å². The second kappa shape index (κ2) is 6.40. The highest BCUT2D eigenvalue weighted by Gasteiger charge is 2.04. The van der Waals surface area contributed by atoms with Crippen molar-refractivity contribution < 1.29 is 4.42 Å². The molecule has 0 amide bonds. The van der Waals surface area contributed by atoms with E-state index in [2.05, 4.69) is 36.1 Å². The maximum atomic E-state index is 5.70. The highest BCUT2D eigenvalue weighted by molar-refractivity contribution is 5.06. The monoisotopic (exact) mass is 247 g/mol. The minimum absolute atomic E-state index is 0.874. The third kappa shape index (κ3) is 3.74. The average molecular weight is 247 g/mol. The van der Waals surface area contributed by atoms with Gasteiger partial charge in [0.15, 0.2) is 0 Å². The van der Waals surface area contributed by atoms with Crippen LogP contribution in [0.15, 0.2) is 35.0 Å². The van der Waals surface area contributed by atoms with Crippen molar-refractivity contribution in [1.29, 1.82) is 0 Å². The van der Waals surface area contributed by atoms with Crippen LogP contribution >= 0.6 is 0 Å². The lowest BCUT2D eigenvalue weighted by molar-refractivity contribution is 0.281. The van der Waals surface area contributed by atoms with Crippen LogP contribution in [0.2, 0.25) is 0 Å². The van der Waals surface area contributed by atoms with Crippen LogP contribution in [-0.2, 0) is 19.5 Å². The summed E-state index contributed by atoms with van der Waals surface area (Å²) in [4.78, 5) is 2.28. The van der Waals surface area contributed by atoms with Crippen molar-refractivity contribution in [1.82, 2.24) is 14.7 Å². The molecule has 0 aliphatic heterocycles. The summed E-state index contributed by atoms with van der Waals surface area (Å²) >= 11 is 0. The first-order valence-corrected chi connectivity index (χ1v) is 6.51. The van der Waals surface area contributed by atoms with Gasteiger partial charge in [-0.05, 0) is 31.7 Å². The van der Waals surface area contributed by atoms with E-state index in [9.17, 15) is 0 Å². The smallest absolute Gasteiger partial charge is 0.118 e. The average Bonchev–Trinajstić information content (AvgIpc) is 3.00. The lowest BCUT2D eigenvalue weighted by Gasteiger charge is -2.14. The number of furan rings is 1. The van der Waals surface area contributed by atoms with Crippen LogP contribution in [0.1, 0.15) is 24.9 Å². The fourth-order valence-corrected chi connectivity index (χ4v) is 1.98. The summed E-state index contributed by atoms with van der Waals surface area (Å²) in [5.74, 6) is 2.11. The summed E-state index contributed by atoms with van der Waals surface area (Å²) < 4.78 is 7.66. The Morgan fingerprint density at radius 3 is 2.83 bits per heavy atom. The van der Waals surface area contributed by atoms with Crippen LogP contribution < -0.4 is 0 Å². The Morgan fingerprint density at radius 2 is 2.17 bits per heavy atom. The molecule has 98 valence electrons. The van der Waals surface area contributed by atoms with Gasteiger partial charge < -0.3 is 4.42 Å². The molecule has 0 radical (unpaired) electrons. The molecular weight excluding hydrogens is 226 g/mol. The van der Waals surface area contributed by atoms with Crippen molar-refractivity contribution in [2.45, 2.75) is 32.9 Å². The maximum absolute atomic E-state index is 5.70. The van der Waals surface area contributed by atoms with E-state index in [1.165, 1.54) is 0 Å². The van der Waals surface area contributed by atoms with Gasteiger partial charge in [0.25, 0.3) is 0 Å². The second-order valence-electron chi connectivity index (χ2n) is 4.58. The predicted octanol–water partition coefficient (Wildman–Crippen LogP) is 2.56. The summed E-state index contributed by atoms with van der Waals surface area (Å²) in [6.07, 6.45) is 5.88. The van der Waals surface area contributed by atoms with Crippen LogP contribution in [0.5, 0.6) is 0 Å². The van der Waals surface area contributed by atoms with Gasteiger partial charge in [0.2, 0.25) is 0 Å². The third-order valence-corrected chi connectivity index (χ3v) is 2.98. The first kappa shape index (κ1) is 12.9. The number of aryl methyl sites for hydroxylation is 2. The summed E-state index contributed by atoms with van der Waals surface area (Å²) in [6, 6.07) is 6.09. The van der Waals surface area contributed by atoms with Crippen molar-refractivity contribution in [3.63, 3.8) is 0 Å². The molecule has 4 heteroatoms. The van der Waals surface area contributed by atoms with E-state index in [4.69, 9.17) is 4.42 Å². The molecule has 0 bridgehead atoms. The molecule has 2 heterocycles. The van der Waals surface area contributed by atoms with Gasteiger partial charge in [-0.1, -0.05) is 6.92 Å². The van der Waals surface area contributed by atoms with E-state index in [-0.39, 0.29) is 0 Å². The van der Waals surface area contributed by atoms with Gasteiger partial charge in [0, 0.05) is 31.9 Å². The molecule has 0 saturated heterocycles. The fraction of sp³-hybridized carbons (Fsp3) is 0.500. The van der Waals surface area contributed by atoms with Gasteiger partial charge in [0.1, 0.15) is 11.5 Å². The van der Waals surface area contributed by atoms with Crippen LogP contribution in [0.3, 0.4) is 0 Å². The number of aromatic nitrogens is 2. The zero-order chi connectivity index (χ0) is 12.8. The molecule has 0 unspecified atom stereocenters. The number of hydrogen-bond acceptors (Lipinski definition) is 3. The van der Waals surface area contributed by atoms with Crippen LogP contribution in [0, 0.1) is 0 Å². The Bertz CT molecular complexity index is 447. The summed E-state index contributed by atoms with van der Waals surface area (Å²) in [5, 5.41) is 4.19. The quantitative estimate of drug-likeness (QED) is 0.754. The van der Waals surface area contributed by atoms with Crippen LogP contribution in [0.4, 0.5) is 0 Å². The molecule has 0 saturated carbocycles. The van der Waals surface area contributed by atoms with Gasteiger partial charge in [-0.2, -0.15) is 5.10 Å². The van der Waals surface area contributed by atoms with Crippen LogP contribution in [-0.4, -0.2) is 28.3 Å². The van der Waals surface area contributed by atoms with Gasteiger partial charge in [-0.25, -0.2) is 0 Å². The van der Waals surface area contributed by atoms with Crippen molar-refractivity contribution in [2.24, 2.45) is 0 Å². The molecule has 2 rings (SSSR count). The van der Waals surface area contributed by atoms with E-state index in [0.717, 1.165) is 44.0 Å². The molecule has 0 aliphatic rings. The summed E-state index contributed by atoms with van der Waals surface area (Å²) in [5.41, 5.74) is 0. The molecule has 2 aromatic heterocycles. The lowest BCUT2D eigenvalue weighted by atomic mass is 10.3. The lowest BCUT2D eigenvalue weighted by Crippen LogP contribution is -2.20. The van der Waals surface area contributed by atoms with E-state index in [1.807, 2.05) is 23.1 Å². The largest absolute Gasteiger partial charge is 0.465 e. The maximum Gasteiger partial charge on any atom is 0.118 e. The second-order valence-corrected chi connectivity index (χ2v) is 4.58. The summed E-state index contributed by atoms with van der Waals surface area (Å²) in [6.45, 7) is 4.99. The highest BCUT2D eigenvalue weighted by atomic mass is 16.3.